The first kappa shape index (κ1) is 16.3. The molecular formula is C17H16FN3O2S. The highest BCUT2D eigenvalue weighted by Crippen LogP contribution is 2.25. The van der Waals surface area contributed by atoms with Gasteiger partial charge >= 0.3 is 0 Å². The van der Waals surface area contributed by atoms with Crippen LogP contribution in [0.1, 0.15) is 17.5 Å². The Morgan fingerprint density at radius 1 is 1.25 bits per heavy atom. The smallest absolute Gasteiger partial charge is 0.235 e. The van der Waals surface area contributed by atoms with E-state index in [0.29, 0.717) is 30.9 Å². The average molecular weight is 345 g/mol. The lowest BCUT2D eigenvalue weighted by Gasteiger charge is -2.18. The minimum atomic E-state index is -3.22. The molecule has 0 unspecified atom stereocenters. The van der Waals surface area contributed by atoms with Gasteiger partial charge in [0.25, 0.3) is 0 Å². The Morgan fingerprint density at radius 3 is 2.75 bits per heavy atom. The molecule has 7 heteroatoms. The molecule has 3 rings (SSSR count). The van der Waals surface area contributed by atoms with Gasteiger partial charge in [0.2, 0.25) is 10.0 Å². The van der Waals surface area contributed by atoms with Crippen LogP contribution in [0, 0.1) is 17.1 Å². The van der Waals surface area contributed by atoms with Crippen molar-refractivity contribution in [3.63, 3.8) is 0 Å². The number of nitrogens with zero attached hydrogens (tertiary/aromatic N) is 2. The molecule has 124 valence electrons. The first-order chi connectivity index (χ1) is 11.5. The van der Waals surface area contributed by atoms with Crippen molar-refractivity contribution in [1.82, 2.24) is 0 Å². The zero-order valence-electron chi connectivity index (χ0n) is 12.9. The molecular weight excluding hydrogens is 329 g/mol. The summed E-state index contributed by atoms with van der Waals surface area (Å²) >= 11 is 0. The van der Waals surface area contributed by atoms with Crippen LogP contribution in [0.15, 0.2) is 42.5 Å². The molecule has 1 aliphatic heterocycles. The molecule has 0 aromatic heterocycles. The molecule has 0 bridgehead atoms. The lowest BCUT2D eigenvalue weighted by molar-refractivity contribution is 0.599. The van der Waals surface area contributed by atoms with Gasteiger partial charge in [-0.1, -0.05) is 18.2 Å². The van der Waals surface area contributed by atoms with E-state index in [2.05, 4.69) is 5.32 Å². The van der Waals surface area contributed by atoms with E-state index in [4.69, 9.17) is 5.26 Å². The van der Waals surface area contributed by atoms with Crippen LogP contribution in [-0.4, -0.2) is 20.7 Å². The lowest BCUT2D eigenvalue weighted by Crippen LogP contribution is -2.25. The van der Waals surface area contributed by atoms with Crippen LogP contribution in [-0.2, 0) is 16.6 Å². The predicted octanol–water partition coefficient (Wildman–Crippen LogP) is 2.85. The Morgan fingerprint density at radius 2 is 2.04 bits per heavy atom. The third kappa shape index (κ3) is 3.19. The van der Waals surface area contributed by atoms with Crippen LogP contribution in [0.3, 0.4) is 0 Å². The van der Waals surface area contributed by atoms with Crippen LogP contribution in [0.4, 0.5) is 15.8 Å². The van der Waals surface area contributed by atoms with Crippen molar-refractivity contribution in [1.29, 1.82) is 5.26 Å². The molecule has 0 saturated carbocycles. The fourth-order valence-corrected chi connectivity index (χ4v) is 4.29. The van der Waals surface area contributed by atoms with Gasteiger partial charge < -0.3 is 5.32 Å². The van der Waals surface area contributed by atoms with Crippen LogP contribution in [0.5, 0.6) is 0 Å². The number of nitrogens with one attached hydrogen (secondary N) is 1. The van der Waals surface area contributed by atoms with E-state index in [1.54, 1.807) is 24.3 Å². The molecule has 2 aromatic rings. The number of hydrogen-bond donors (Lipinski definition) is 1. The van der Waals surface area contributed by atoms with E-state index in [1.807, 2.05) is 12.1 Å². The van der Waals surface area contributed by atoms with E-state index < -0.39 is 15.8 Å². The summed E-state index contributed by atoms with van der Waals surface area (Å²) < 4.78 is 39.0. The fourth-order valence-electron chi connectivity index (χ4n) is 2.73. The topological polar surface area (TPSA) is 73.2 Å². The van der Waals surface area contributed by atoms with E-state index in [1.165, 1.54) is 16.4 Å². The van der Waals surface area contributed by atoms with Crippen LogP contribution in [0.25, 0.3) is 0 Å². The van der Waals surface area contributed by atoms with Gasteiger partial charge in [-0.25, -0.2) is 12.8 Å². The number of rotatable bonds is 4. The molecule has 5 nitrogen and oxygen atoms in total. The number of hydrogen-bond acceptors (Lipinski definition) is 4. The summed E-state index contributed by atoms with van der Waals surface area (Å²) in [7, 11) is -3.22. The highest BCUT2D eigenvalue weighted by Gasteiger charge is 2.28. The van der Waals surface area contributed by atoms with Crippen molar-refractivity contribution in [2.75, 3.05) is 21.9 Å². The second-order valence-corrected chi connectivity index (χ2v) is 7.55. The van der Waals surface area contributed by atoms with E-state index >= 15 is 0 Å². The normalized spacial score (nSPS) is 15.9. The predicted molar refractivity (Wildman–Crippen MR) is 90.6 cm³/mol. The van der Waals surface area contributed by atoms with Crippen molar-refractivity contribution in [2.24, 2.45) is 0 Å². The Balaban J connectivity index is 1.79. The first-order valence-electron chi connectivity index (χ1n) is 7.53. The monoisotopic (exact) mass is 345 g/mol. The lowest BCUT2D eigenvalue weighted by atomic mass is 10.1. The molecule has 1 saturated heterocycles. The molecule has 1 heterocycles. The van der Waals surface area contributed by atoms with Gasteiger partial charge in [-0.15, -0.1) is 0 Å². The first-order valence-corrected chi connectivity index (χ1v) is 9.14. The number of sulfonamides is 1. The van der Waals surface area contributed by atoms with Crippen LogP contribution in [0.2, 0.25) is 0 Å². The summed E-state index contributed by atoms with van der Waals surface area (Å²) in [6.07, 6.45) is 0.625. The molecule has 1 N–H and O–H groups in total. The van der Waals surface area contributed by atoms with Gasteiger partial charge in [0.15, 0.2) is 0 Å². The molecule has 1 aliphatic rings. The number of nitriles is 1. The Hall–Kier alpha value is -2.59. The van der Waals surface area contributed by atoms with Crippen LogP contribution >= 0.6 is 0 Å². The van der Waals surface area contributed by atoms with E-state index in [-0.39, 0.29) is 11.3 Å². The van der Waals surface area contributed by atoms with Gasteiger partial charge in [0.1, 0.15) is 17.4 Å². The maximum atomic E-state index is 13.6. The fraction of sp³-hybridized carbons (Fsp3) is 0.235. The molecule has 1 fully saturated rings. The molecule has 0 spiro atoms. The quantitative estimate of drug-likeness (QED) is 0.925. The Bertz CT molecular complexity index is 906. The second-order valence-electron chi connectivity index (χ2n) is 5.54. The zero-order chi connectivity index (χ0) is 17.2. The van der Waals surface area contributed by atoms with Gasteiger partial charge in [0, 0.05) is 13.1 Å². The molecule has 2 aromatic carbocycles. The van der Waals surface area contributed by atoms with E-state index in [9.17, 15) is 12.8 Å². The molecule has 0 radical (unpaired) electrons. The van der Waals surface area contributed by atoms with Crippen molar-refractivity contribution in [3.05, 3.63) is 59.4 Å². The van der Waals surface area contributed by atoms with Gasteiger partial charge in [-0.2, -0.15) is 5.26 Å². The van der Waals surface area contributed by atoms with Crippen molar-refractivity contribution < 1.29 is 12.8 Å². The highest BCUT2D eigenvalue weighted by atomic mass is 32.2. The Kier molecular flexibility index (Phi) is 4.40. The highest BCUT2D eigenvalue weighted by molar-refractivity contribution is 7.93. The van der Waals surface area contributed by atoms with Crippen LogP contribution < -0.4 is 9.62 Å². The second kappa shape index (κ2) is 6.49. The summed E-state index contributed by atoms with van der Waals surface area (Å²) in [6.45, 7) is 0.849. The summed E-state index contributed by atoms with van der Waals surface area (Å²) in [5, 5.41) is 12.1. The van der Waals surface area contributed by atoms with Crippen molar-refractivity contribution >= 4 is 21.4 Å². The van der Waals surface area contributed by atoms with Gasteiger partial charge in [-0.3, -0.25) is 4.31 Å². The third-order valence-corrected chi connectivity index (χ3v) is 5.78. The standard InChI is InChI=1S/C17H16FN3O2S/c18-16-6-2-7-17(15(16)11-19)20-12-13-4-1-5-14(10-13)21-8-3-9-24(21,22)23/h1-2,4-7,10,20H,3,8-9,12H2. The average Bonchev–Trinajstić information content (AvgIpc) is 2.92. The maximum absolute atomic E-state index is 13.6. The molecule has 0 aliphatic carbocycles. The largest absolute Gasteiger partial charge is 0.380 e. The van der Waals surface area contributed by atoms with Gasteiger partial charge in [0.05, 0.1) is 17.1 Å². The minimum Gasteiger partial charge on any atom is -0.380 e. The molecule has 0 amide bonds. The van der Waals surface area contributed by atoms with Gasteiger partial charge in [-0.05, 0) is 36.2 Å². The molecule has 24 heavy (non-hydrogen) atoms. The maximum Gasteiger partial charge on any atom is 0.235 e. The van der Waals surface area contributed by atoms with Crippen molar-refractivity contribution in [2.45, 2.75) is 13.0 Å². The number of halogens is 1. The van der Waals surface area contributed by atoms with Crippen molar-refractivity contribution in [3.8, 4) is 6.07 Å². The summed E-state index contributed by atoms with van der Waals surface area (Å²) in [4.78, 5) is 0. The summed E-state index contributed by atoms with van der Waals surface area (Å²) in [6, 6.07) is 13.4. The minimum absolute atomic E-state index is 0.0317. The number of anilines is 2. The van der Waals surface area contributed by atoms with E-state index in [0.717, 1.165) is 5.56 Å². The summed E-state index contributed by atoms with van der Waals surface area (Å²) in [5.74, 6) is -0.399. The molecule has 0 atom stereocenters. The third-order valence-electron chi connectivity index (χ3n) is 3.91. The Labute approximate surface area is 140 Å². The number of benzene rings is 2. The SMILES string of the molecule is N#Cc1c(F)cccc1NCc1cccc(N2CCCS2(=O)=O)c1. The zero-order valence-corrected chi connectivity index (χ0v) is 13.7. The summed E-state index contributed by atoms with van der Waals surface area (Å²) in [5.41, 5.74) is 1.86.